The summed E-state index contributed by atoms with van der Waals surface area (Å²) in [5, 5.41) is 11.9. The zero-order valence-corrected chi connectivity index (χ0v) is 12.8. The molecule has 0 aromatic heterocycles. The molecule has 0 bridgehead atoms. The van der Waals surface area contributed by atoms with Crippen molar-refractivity contribution < 1.29 is 14.3 Å². The molecule has 0 aliphatic heterocycles. The van der Waals surface area contributed by atoms with Gasteiger partial charge in [0.25, 0.3) is 5.91 Å². The number of rotatable bonds is 6. The first-order valence-electron chi connectivity index (χ1n) is 6.70. The van der Waals surface area contributed by atoms with Crippen LogP contribution >= 0.6 is 0 Å². The Morgan fingerprint density at radius 3 is 2.57 bits per heavy atom. The molecule has 0 aliphatic rings. The van der Waals surface area contributed by atoms with E-state index in [1.807, 2.05) is 19.9 Å². The highest BCUT2D eigenvalue weighted by atomic mass is 16.5. The van der Waals surface area contributed by atoms with E-state index in [4.69, 9.17) is 14.7 Å². The minimum Gasteiger partial charge on any atom is -0.493 e. The third-order valence-corrected chi connectivity index (χ3v) is 3.07. The summed E-state index contributed by atoms with van der Waals surface area (Å²) in [6, 6.07) is 7.15. The fraction of sp³-hybridized carbons (Fsp3) is 0.375. The Labute approximate surface area is 125 Å². The molecule has 0 spiro atoms. The maximum atomic E-state index is 12.0. The van der Waals surface area contributed by atoms with Crippen molar-refractivity contribution >= 4 is 12.0 Å². The van der Waals surface area contributed by atoms with Gasteiger partial charge in [-0.05, 0) is 37.1 Å². The number of carbonyl (C=O) groups excluding carboxylic acids is 1. The molecule has 0 saturated carbocycles. The molecule has 112 valence electrons. The summed E-state index contributed by atoms with van der Waals surface area (Å²) in [4.78, 5) is 12.0. The van der Waals surface area contributed by atoms with Gasteiger partial charge < -0.3 is 14.8 Å². The van der Waals surface area contributed by atoms with E-state index < -0.39 is 0 Å². The first-order chi connectivity index (χ1) is 10.0. The Hall–Kier alpha value is -2.48. The lowest BCUT2D eigenvalue weighted by Crippen LogP contribution is -2.32. The Morgan fingerprint density at radius 2 is 2.05 bits per heavy atom. The van der Waals surface area contributed by atoms with Crippen molar-refractivity contribution in [3.05, 3.63) is 29.3 Å². The van der Waals surface area contributed by atoms with Gasteiger partial charge >= 0.3 is 0 Å². The van der Waals surface area contributed by atoms with Crippen molar-refractivity contribution in [3.8, 4) is 17.6 Å². The smallest absolute Gasteiger partial charge is 0.262 e. The lowest BCUT2D eigenvalue weighted by atomic mass is 10.1. The van der Waals surface area contributed by atoms with Crippen molar-refractivity contribution in [2.24, 2.45) is 0 Å². The first kappa shape index (κ1) is 16.6. The number of methoxy groups -OCH3 is 2. The van der Waals surface area contributed by atoms with Crippen LogP contribution in [0, 0.1) is 11.3 Å². The zero-order valence-electron chi connectivity index (χ0n) is 12.8. The molecule has 1 atom stereocenters. The van der Waals surface area contributed by atoms with Gasteiger partial charge in [0, 0.05) is 6.04 Å². The van der Waals surface area contributed by atoms with E-state index >= 15 is 0 Å². The molecular weight excluding hydrogens is 268 g/mol. The van der Waals surface area contributed by atoms with Crippen LogP contribution in [-0.2, 0) is 4.79 Å². The van der Waals surface area contributed by atoms with Gasteiger partial charge in [-0.2, -0.15) is 5.26 Å². The number of amides is 1. The highest BCUT2D eigenvalue weighted by Gasteiger charge is 2.12. The van der Waals surface area contributed by atoms with Gasteiger partial charge in [0.2, 0.25) is 0 Å². The van der Waals surface area contributed by atoms with Crippen LogP contribution in [0.15, 0.2) is 23.8 Å². The van der Waals surface area contributed by atoms with E-state index in [2.05, 4.69) is 5.32 Å². The minimum absolute atomic E-state index is 0.0275. The van der Waals surface area contributed by atoms with Gasteiger partial charge in [0.1, 0.15) is 11.6 Å². The number of nitrogens with one attached hydrogen (secondary N) is 1. The third kappa shape index (κ3) is 4.53. The van der Waals surface area contributed by atoms with Gasteiger partial charge in [-0.1, -0.05) is 13.0 Å². The highest BCUT2D eigenvalue weighted by molar-refractivity contribution is 6.01. The van der Waals surface area contributed by atoms with Crippen LogP contribution in [-0.4, -0.2) is 26.2 Å². The van der Waals surface area contributed by atoms with Crippen LogP contribution in [0.1, 0.15) is 25.8 Å². The topological polar surface area (TPSA) is 71.4 Å². The zero-order chi connectivity index (χ0) is 15.8. The SMILES string of the molecule is CC[C@H](C)NC(=O)/C(C#N)=C/c1ccc(OC)c(OC)c1. The van der Waals surface area contributed by atoms with E-state index in [9.17, 15) is 4.79 Å². The van der Waals surface area contributed by atoms with E-state index in [0.29, 0.717) is 17.1 Å². The van der Waals surface area contributed by atoms with Crippen LogP contribution < -0.4 is 14.8 Å². The van der Waals surface area contributed by atoms with Crippen LogP contribution in [0.3, 0.4) is 0 Å². The molecule has 5 heteroatoms. The van der Waals surface area contributed by atoms with Crippen LogP contribution in [0.4, 0.5) is 0 Å². The van der Waals surface area contributed by atoms with E-state index in [1.54, 1.807) is 25.3 Å². The molecule has 1 aromatic rings. The fourth-order valence-corrected chi connectivity index (χ4v) is 1.66. The van der Waals surface area contributed by atoms with Gasteiger partial charge in [-0.25, -0.2) is 0 Å². The van der Waals surface area contributed by atoms with Gasteiger partial charge in [0.15, 0.2) is 11.5 Å². The molecular formula is C16H20N2O3. The Kier molecular flexibility index (Phi) is 6.28. The molecule has 0 unspecified atom stereocenters. The van der Waals surface area contributed by atoms with Crippen molar-refractivity contribution in [3.63, 3.8) is 0 Å². The second-order valence-electron chi connectivity index (χ2n) is 4.57. The Morgan fingerprint density at radius 1 is 1.38 bits per heavy atom. The lowest BCUT2D eigenvalue weighted by molar-refractivity contribution is -0.117. The predicted molar refractivity (Wildman–Crippen MR) is 81.0 cm³/mol. The summed E-state index contributed by atoms with van der Waals surface area (Å²) >= 11 is 0. The number of benzene rings is 1. The minimum atomic E-state index is -0.373. The Bertz CT molecular complexity index is 573. The van der Waals surface area contributed by atoms with Crippen molar-refractivity contribution in [2.45, 2.75) is 26.3 Å². The molecule has 0 fully saturated rings. The summed E-state index contributed by atoms with van der Waals surface area (Å²) in [6.45, 7) is 3.86. The molecule has 1 amide bonds. The van der Waals surface area contributed by atoms with Gasteiger partial charge in [-0.3, -0.25) is 4.79 Å². The largest absolute Gasteiger partial charge is 0.493 e. The van der Waals surface area contributed by atoms with E-state index in [0.717, 1.165) is 6.42 Å². The number of carbonyl (C=O) groups is 1. The average Bonchev–Trinajstić information content (AvgIpc) is 2.51. The second-order valence-corrected chi connectivity index (χ2v) is 4.57. The molecule has 1 aromatic carbocycles. The van der Waals surface area contributed by atoms with E-state index in [1.165, 1.54) is 13.2 Å². The molecule has 0 radical (unpaired) electrons. The summed E-state index contributed by atoms with van der Waals surface area (Å²) < 4.78 is 10.3. The summed E-state index contributed by atoms with van der Waals surface area (Å²) in [5.74, 6) is 0.768. The molecule has 1 N–H and O–H groups in total. The number of hydrogen-bond donors (Lipinski definition) is 1. The monoisotopic (exact) mass is 288 g/mol. The second kappa shape index (κ2) is 7.95. The van der Waals surface area contributed by atoms with Crippen LogP contribution in [0.2, 0.25) is 0 Å². The normalized spacial score (nSPS) is 12.2. The highest BCUT2D eigenvalue weighted by Crippen LogP contribution is 2.28. The van der Waals surface area contributed by atoms with Crippen molar-refractivity contribution in [1.82, 2.24) is 5.32 Å². The molecule has 1 rings (SSSR count). The molecule has 21 heavy (non-hydrogen) atoms. The van der Waals surface area contributed by atoms with Crippen molar-refractivity contribution in [1.29, 1.82) is 5.26 Å². The molecule has 5 nitrogen and oxygen atoms in total. The van der Waals surface area contributed by atoms with Gasteiger partial charge in [0.05, 0.1) is 14.2 Å². The maximum absolute atomic E-state index is 12.0. The van der Waals surface area contributed by atoms with Crippen molar-refractivity contribution in [2.75, 3.05) is 14.2 Å². The number of nitrogens with zero attached hydrogens (tertiary/aromatic N) is 1. The van der Waals surface area contributed by atoms with Crippen LogP contribution in [0.5, 0.6) is 11.5 Å². The number of nitriles is 1. The quantitative estimate of drug-likeness (QED) is 0.645. The van der Waals surface area contributed by atoms with E-state index in [-0.39, 0.29) is 17.5 Å². The van der Waals surface area contributed by atoms with Crippen LogP contribution in [0.25, 0.3) is 6.08 Å². The Balaban J connectivity index is 3.03. The fourth-order valence-electron chi connectivity index (χ4n) is 1.66. The van der Waals surface area contributed by atoms with Gasteiger partial charge in [-0.15, -0.1) is 0 Å². The third-order valence-electron chi connectivity index (χ3n) is 3.07. The average molecular weight is 288 g/mol. The first-order valence-corrected chi connectivity index (χ1v) is 6.70. The molecule has 0 saturated heterocycles. The molecule has 0 heterocycles. The maximum Gasteiger partial charge on any atom is 0.262 e. The summed E-state index contributed by atoms with van der Waals surface area (Å²) in [6.07, 6.45) is 2.33. The number of hydrogen-bond acceptors (Lipinski definition) is 4. The summed E-state index contributed by atoms with van der Waals surface area (Å²) in [7, 11) is 3.08. The lowest BCUT2D eigenvalue weighted by Gasteiger charge is -2.11. The standard InChI is InChI=1S/C16H20N2O3/c1-5-11(2)18-16(19)13(10-17)8-12-6-7-14(20-3)15(9-12)21-4/h6-9,11H,5H2,1-4H3,(H,18,19)/b13-8+/t11-/m0/s1. The summed E-state index contributed by atoms with van der Waals surface area (Å²) in [5.41, 5.74) is 0.756. The molecule has 0 aliphatic carbocycles. The predicted octanol–water partition coefficient (Wildman–Crippen LogP) is 2.53. The number of ether oxygens (including phenoxy) is 2.